The second-order valence-corrected chi connectivity index (χ2v) is 5.93. The normalized spacial score (nSPS) is 11.2. The van der Waals surface area contributed by atoms with Gasteiger partial charge in [0.2, 0.25) is 10.0 Å². The molecule has 0 aliphatic rings. The first-order valence-corrected chi connectivity index (χ1v) is 7.51. The van der Waals surface area contributed by atoms with E-state index >= 15 is 0 Å². The number of aryl methyl sites for hydroxylation is 1. The lowest BCUT2D eigenvalue weighted by molar-refractivity contribution is 0.101. The molecule has 0 fully saturated rings. The van der Waals surface area contributed by atoms with Crippen LogP contribution in [0.25, 0.3) is 0 Å². The van der Waals surface area contributed by atoms with Gasteiger partial charge in [-0.3, -0.25) is 4.79 Å². The summed E-state index contributed by atoms with van der Waals surface area (Å²) in [7, 11) is -0.710. The Labute approximate surface area is 122 Å². The number of carbonyl (C=O) groups excluding carboxylic acids is 1. The van der Waals surface area contributed by atoms with Gasteiger partial charge < -0.3 is 14.6 Å². The Bertz CT molecular complexity index is 780. The van der Waals surface area contributed by atoms with Crippen molar-refractivity contribution in [3.63, 3.8) is 0 Å². The number of benzene rings is 1. The van der Waals surface area contributed by atoms with Crippen molar-refractivity contribution in [3.05, 3.63) is 42.2 Å². The summed E-state index contributed by atoms with van der Waals surface area (Å²) in [6.07, 6.45) is 1.73. The monoisotopic (exact) mass is 309 g/mol. The van der Waals surface area contributed by atoms with Crippen molar-refractivity contribution >= 4 is 21.6 Å². The third-order valence-corrected chi connectivity index (χ3v) is 3.84. The average molecular weight is 309 g/mol. The lowest BCUT2D eigenvalue weighted by Crippen LogP contribution is -2.17. The van der Waals surface area contributed by atoms with Crippen LogP contribution >= 0.6 is 0 Å². The van der Waals surface area contributed by atoms with Gasteiger partial charge in [-0.2, -0.15) is 0 Å². The summed E-state index contributed by atoms with van der Waals surface area (Å²) >= 11 is 0. The van der Waals surface area contributed by atoms with Crippen LogP contribution in [0.2, 0.25) is 0 Å². The summed E-state index contributed by atoms with van der Waals surface area (Å²) in [6.45, 7) is 0. The number of hydrogen-bond acceptors (Lipinski definition) is 4. The van der Waals surface area contributed by atoms with E-state index in [9.17, 15) is 13.2 Å². The highest BCUT2D eigenvalue weighted by atomic mass is 32.2. The highest BCUT2D eigenvalue weighted by molar-refractivity contribution is 7.89. The van der Waals surface area contributed by atoms with E-state index in [0.717, 1.165) is 0 Å². The molecule has 1 amide bonds. The minimum absolute atomic E-state index is 0.106. The third-order valence-electron chi connectivity index (χ3n) is 2.92. The molecule has 2 aromatic rings. The maximum Gasteiger partial charge on any atom is 0.272 e. The summed E-state index contributed by atoms with van der Waals surface area (Å²) in [5, 5.41) is 7.69. The van der Waals surface area contributed by atoms with E-state index in [4.69, 9.17) is 9.88 Å². The highest BCUT2D eigenvalue weighted by Gasteiger charge is 2.15. The number of ether oxygens (including phenoxy) is 1. The standard InChI is InChI=1S/C13H15N3O4S/c1-16-7-3-4-11(16)13(17)15-10-8-9(21(14,18)19)5-6-12(10)20-2/h3-8H,1-2H3,(H,15,17)(H2,14,18,19). The largest absolute Gasteiger partial charge is 0.495 e. The topological polar surface area (TPSA) is 103 Å². The number of methoxy groups -OCH3 is 1. The molecule has 3 N–H and O–H groups in total. The number of anilines is 1. The van der Waals surface area contributed by atoms with Gasteiger partial charge >= 0.3 is 0 Å². The summed E-state index contributed by atoms with van der Waals surface area (Å²) in [4.78, 5) is 12.1. The van der Waals surface area contributed by atoms with Gasteiger partial charge in [-0.05, 0) is 30.3 Å². The third kappa shape index (κ3) is 3.23. The molecule has 0 aliphatic carbocycles. The van der Waals surface area contributed by atoms with E-state index in [-0.39, 0.29) is 16.5 Å². The number of nitrogens with two attached hydrogens (primary N) is 1. The molecule has 0 spiro atoms. The number of hydrogen-bond donors (Lipinski definition) is 2. The molecular weight excluding hydrogens is 294 g/mol. The minimum atomic E-state index is -3.86. The predicted octanol–water partition coefficient (Wildman–Crippen LogP) is 0.933. The Balaban J connectivity index is 2.38. The predicted molar refractivity (Wildman–Crippen MR) is 77.7 cm³/mol. The van der Waals surface area contributed by atoms with Crippen molar-refractivity contribution in [2.45, 2.75) is 4.90 Å². The quantitative estimate of drug-likeness (QED) is 0.877. The van der Waals surface area contributed by atoms with Crippen LogP contribution in [-0.2, 0) is 17.1 Å². The fourth-order valence-corrected chi connectivity index (χ4v) is 2.38. The molecule has 1 heterocycles. The van der Waals surface area contributed by atoms with Gasteiger partial charge in [0.25, 0.3) is 5.91 Å². The molecular formula is C13H15N3O4S. The first-order chi connectivity index (χ1) is 9.82. The SMILES string of the molecule is COc1ccc(S(N)(=O)=O)cc1NC(=O)c1cccn1C. The number of carbonyl (C=O) groups is 1. The molecule has 0 atom stereocenters. The molecule has 7 nitrogen and oxygen atoms in total. The molecule has 1 aromatic carbocycles. The molecule has 0 radical (unpaired) electrons. The number of nitrogens with zero attached hydrogens (tertiary/aromatic N) is 1. The Hall–Kier alpha value is -2.32. The Morgan fingerprint density at radius 3 is 2.57 bits per heavy atom. The number of sulfonamides is 1. The van der Waals surface area contributed by atoms with E-state index in [0.29, 0.717) is 11.4 Å². The lowest BCUT2D eigenvalue weighted by atomic mass is 10.2. The molecule has 0 unspecified atom stereocenters. The van der Waals surface area contributed by atoms with Gasteiger partial charge in [0.05, 0.1) is 17.7 Å². The van der Waals surface area contributed by atoms with Crippen LogP contribution in [0.5, 0.6) is 5.75 Å². The van der Waals surface area contributed by atoms with Gasteiger partial charge in [0.15, 0.2) is 0 Å². The van der Waals surface area contributed by atoms with Crippen molar-refractivity contribution in [1.82, 2.24) is 4.57 Å². The van der Waals surface area contributed by atoms with Gasteiger partial charge in [0.1, 0.15) is 11.4 Å². The molecule has 21 heavy (non-hydrogen) atoms. The average Bonchev–Trinajstić information content (AvgIpc) is 2.84. The molecule has 0 saturated heterocycles. The Morgan fingerprint density at radius 1 is 1.33 bits per heavy atom. The van der Waals surface area contributed by atoms with Gasteiger partial charge in [-0.1, -0.05) is 0 Å². The molecule has 8 heteroatoms. The molecule has 1 aromatic heterocycles. The number of rotatable bonds is 4. The summed E-state index contributed by atoms with van der Waals surface area (Å²) in [5.41, 5.74) is 0.660. The molecule has 0 bridgehead atoms. The molecule has 2 rings (SSSR count). The first-order valence-electron chi connectivity index (χ1n) is 5.96. The second-order valence-electron chi connectivity index (χ2n) is 4.37. The maximum atomic E-state index is 12.2. The number of nitrogens with one attached hydrogen (secondary N) is 1. The maximum absolute atomic E-state index is 12.2. The second kappa shape index (κ2) is 5.58. The van der Waals surface area contributed by atoms with Crippen LogP contribution in [0.4, 0.5) is 5.69 Å². The van der Waals surface area contributed by atoms with Crippen LogP contribution in [0.15, 0.2) is 41.4 Å². The molecule has 112 valence electrons. The van der Waals surface area contributed by atoms with Crippen LogP contribution in [0.1, 0.15) is 10.5 Å². The van der Waals surface area contributed by atoms with E-state index in [1.54, 1.807) is 29.9 Å². The first kappa shape index (κ1) is 15.1. The fourth-order valence-electron chi connectivity index (χ4n) is 1.85. The molecule has 0 aliphatic heterocycles. The fraction of sp³-hybridized carbons (Fsp3) is 0.154. The summed E-state index contributed by atoms with van der Waals surface area (Å²) in [5.74, 6) is -0.0441. The van der Waals surface area contributed by atoms with Gasteiger partial charge in [-0.15, -0.1) is 0 Å². The van der Waals surface area contributed by atoms with E-state index in [1.807, 2.05) is 0 Å². The Kier molecular flexibility index (Phi) is 4.01. The van der Waals surface area contributed by atoms with Crippen molar-refractivity contribution in [2.24, 2.45) is 12.2 Å². The van der Waals surface area contributed by atoms with Crippen molar-refractivity contribution in [1.29, 1.82) is 0 Å². The van der Waals surface area contributed by atoms with E-state index < -0.39 is 10.0 Å². The number of primary sulfonamides is 1. The smallest absolute Gasteiger partial charge is 0.272 e. The van der Waals surface area contributed by atoms with E-state index in [1.165, 1.54) is 25.3 Å². The van der Waals surface area contributed by atoms with Crippen LogP contribution in [0, 0.1) is 0 Å². The van der Waals surface area contributed by atoms with Crippen molar-refractivity contribution in [3.8, 4) is 5.75 Å². The molecule has 0 saturated carbocycles. The zero-order valence-electron chi connectivity index (χ0n) is 11.5. The van der Waals surface area contributed by atoms with Crippen LogP contribution in [-0.4, -0.2) is 26.0 Å². The number of aromatic nitrogens is 1. The van der Waals surface area contributed by atoms with E-state index in [2.05, 4.69) is 5.32 Å². The summed E-state index contributed by atoms with van der Waals surface area (Å²) < 4.78 is 29.5. The van der Waals surface area contributed by atoms with Gasteiger partial charge in [0, 0.05) is 13.2 Å². The zero-order chi connectivity index (χ0) is 15.6. The van der Waals surface area contributed by atoms with Crippen LogP contribution in [0.3, 0.4) is 0 Å². The van der Waals surface area contributed by atoms with Gasteiger partial charge in [-0.25, -0.2) is 13.6 Å². The lowest BCUT2D eigenvalue weighted by Gasteiger charge is -2.12. The number of amides is 1. The zero-order valence-corrected chi connectivity index (χ0v) is 12.3. The summed E-state index contributed by atoms with van der Waals surface area (Å²) in [6, 6.07) is 7.37. The highest BCUT2D eigenvalue weighted by Crippen LogP contribution is 2.27. The Morgan fingerprint density at radius 2 is 2.05 bits per heavy atom. The van der Waals surface area contributed by atoms with Crippen LogP contribution < -0.4 is 15.2 Å². The van der Waals surface area contributed by atoms with Crippen molar-refractivity contribution in [2.75, 3.05) is 12.4 Å². The minimum Gasteiger partial charge on any atom is -0.495 e. The van der Waals surface area contributed by atoms with Crippen molar-refractivity contribution < 1.29 is 17.9 Å².